The first-order chi connectivity index (χ1) is 9.70. The molecule has 1 N–H and O–H groups in total. The van der Waals surface area contributed by atoms with Gasteiger partial charge in [-0.05, 0) is 12.1 Å². The van der Waals surface area contributed by atoms with Crippen molar-refractivity contribution in [2.24, 2.45) is 0 Å². The van der Waals surface area contributed by atoms with Crippen LogP contribution in [-0.2, 0) is 11.2 Å². The molecular formula is C14H12N2O3S. The maximum absolute atomic E-state index is 11.1. The molecule has 2 aromatic heterocycles. The molecule has 0 aliphatic rings. The van der Waals surface area contributed by atoms with Crippen LogP contribution in [0.3, 0.4) is 0 Å². The smallest absolute Gasteiger partial charge is 0.309 e. The summed E-state index contributed by atoms with van der Waals surface area (Å²) >= 11 is 1.48. The van der Waals surface area contributed by atoms with E-state index in [-0.39, 0.29) is 6.42 Å². The van der Waals surface area contributed by atoms with Crippen LogP contribution >= 0.6 is 11.3 Å². The van der Waals surface area contributed by atoms with Gasteiger partial charge in [0.2, 0.25) is 0 Å². The zero-order chi connectivity index (χ0) is 14.1. The summed E-state index contributed by atoms with van der Waals surface area (Å²) in [5.41, 5.74) is 2.14. The number of methoxy groups -OCH3 is 1. The number of aromatic nitrogens is 2. The van der Waals surface area contributed by atoms with Crippen LogP contribution < -0.4 is 4.74 Å². The minimum Gasteiger partial charge on any atom is -0.496 e. The lowest BCUT2D eigenvalue weighted by Gasteiger charge is -2.07. The normalized spacial score (nSPS) is 10.8. The number of rotatable bonds is 4. The van der Waals surface area contributed by atoms with Crippen LogP contribution in [0.15, 0.2) is 35.8 Å². The zero-order valence-electron chi connectivity index (χ0n) is 10.7. The van der Waals surface area contributed by atoms with Crippen molar-refractivity contribution < 1.29 is 14.6 Å². The highest BCUT2D eigenvalue weighted by atomic mass is 32.1. The summed E-state index contributed by atoms with van der Waals surface area (Å²) in [4.78, 5) is 16.4. The van der Waals surface area contributed by atoms with Gasteiger partial charge in [-0.25, -0.2) is 4.98 Å². The monoisotopic (exact) mass is 288 g/mol. The molecule has 2 heterocycles. The van der Waals surface area contributed by atoms with Gasteiger partial charge in [0.1, 0.15) is 5.75 Å². The number of imidazole rings is 1. The number of para-hydroxylation sites is 1. The standard InChI is InChI=1S/C14H12N2O3S/c1-19-11-5-3-2-4-9(11)13-10(8-12(17)18)16-6-7-20-14(16)15-13/h2-7H,8H2,1H3,(H,17,18). The maximum Gasteiger partial charge on any atom is 0.309 e. The summed E-state index contributed by atoms with van der Waals surface area (Å²) in [5, 5.41) is 11.0. The maximum atomic E-state index is 11.1. The molecule has 3 rings (SSSR count). The Morgan fingerprint density at radius 1 is 1.45 bits per heavy atom. The minimum atomic E-state index is -0.880. The minimum absolute atomic E-state index is 0.0781. The highest BCUT2D eigenvalue weighted by molar-refractivity contribution is 7.15. The first kappa shape index (κ1) is 12.7. The van der Waals surface area contributed by atoms with Crippen LogP contribution in [0, 0.1) is 0 Å². The third kappa shape index (κ3) is 2.04. The molecule has 0 amide bonds. The topological polar surface area (TPSA) is 63.8 Å². The van der Waals surface area contributed by atoms with Crippen molar-refractivity contribution in [3.8, 4) is 17.0 Å². The number of benzene rings is 1. The van der Waals surface area contributed by atoms with Crippen molar-refractivity contribution in [1.29, 1.82) is 0 Å². The van der Waals surface area contributed by atoms with Crippen molar-refractivity contribution >= 4 is 22.3 Å². The average Bonchev–Trinajstić information content (AvgIpc) is 3.01. The van der Waals surface area contributed by atoms with E-state index in [1.165, 1.54) is 11.3 Å². The Labute approximate surface area is 119 Å². The van der Waals surface area contributed by atoms with Gasteiger partial charge in [-0.1, -0.05) is 12.1 Å². The third-order valence-corrected chi connectivity index (χ3v) is 3.80. The van der Waals surface area contributed by atoms with E-state index in [0.29, 0.717) is 17.1 Å². The van der Waals surface area contributed by atoms with E-state index < -0.39 is 5.97 Å². The van der Waals surface area contributed by atoms with Gasteiger partial charge in [0.25, 0.3) is 0 Å². The zero-order valence-corrected chi connectivity index (χ0v) is 11.6. The van der Waals surface area contributed by atoms with Crippen LogP contribution in [0.4, 0.5) is 0 Å². The van der Waals surface area contributed by atoms with Crippen LogP contribution in [0.25, 0.3) is 16.2 Å². The fraction of sp³-hybridized carbons (Fsp3) is 0.143. The van der Waals surface area contributed by atoms with Gasteiger partial charge in [-0.3, -0.25) is 9.20 Å². The molecule has 20 heavy (non-hydrogen) atoms. The summed E-state index contributed by atoms with van der Waals surface area (Å²) in [6, 6.07) is 7.48. The summed E-state index contributed by atoms with van der Waals surface area (Å²) < 4.78 is 7.16. The van der Waals surface area contributed by atoms with E-state index >= 15 is 0 Å². The second-order valence-electron chi connectivity index (χ2n) is 4.23. The summed E-state index contributed by atoms with van der Waals surface area (Å²) in [6.07, 6.45) is 1.76. The Balaban J connectivity index is 2.24. The molecule has 0 atom stereocenters. The number of hydrogen-bond acceptors (Lipinski definition) is 4. The van der Waals surface area contributed by atoms with Gasteiger partial charge in [0.15, 0.2) is 4.96 Å². The third-order valence-electron chi connectivity index (χ3n) is 3.04. The molecule has 0 radical (unpaired) electrons. The van der Waals surface area contributed by atoms with Gasteiger partial charge in [0, 0.05) is 17.1 Å². The quantitative estimate of drug-likeness (QED) is 0.801. The Morgan fingerprint density at radius 3 is 3.00 bits per heavy atom. The molecule has 0 saturated heterocycles. The van der Waals surface area contributed by atoms with Gasteiger partial charge in [-0.15, -0.1) is 11.3 Å². The Bertz CT molecular complexity index is 776. The van der Waals surface area contributed by atoms with E-state index in [1.807, 2.05) is 40.2 Å². The molecule has 0 fully saturated rings. The van der Waals surface area contributed by atoms with Gasteiger partial charge in [0.05, 0.1) is 24.9 Å². The molecular weight excluding hydrogens is 276 g/mol. The average molecular weight is 288 g/mol. The van der Waals surface area contributed by atoms with Gasteiger partial charge < -0.3 is 9.84 Å². The first-order valence-electron chi connectivity index (χ1n) is 6.00. The highest BCUT2D eigenvalue weighted by Gasteiger charge is 2.19. The molecule has 3 aromatic rings. The van der Waals surface area contributed by atoms with E-state index in [9.17, 15) is 4.79 Å². The summed E-state index contributed by atoms with van der Waals surface area (Å²) in [6.45, 7) is 0. The van der Waals surface area contributed by atoms with E-state index in [0.717, 1.165) is 10.5 Å². The Hall–Kier alpha value is -2.34. The molecule has 5 nitrogen and oxygen atoms in total. The van der Waals surface area contributed by atoms with Crippen molar-refractivity contribution in [3.05, 3.63) is 41.5 Å². The van der Waals surface area contributed by atoms with Gasteiger partial charge >= 0.3 is 5.97 Å². The second kappa shape index (κ2) is 4.97. The predicted molar refractivity (Wildman–Crippen MR) is 76.4 cm³/mol. The predicted octanol–water partition coefficient (Wildman–Crippen LogP) is 2.70. The lowest BCUT2D eigenvalue weighted by molar-refractivity contribution is -0.136. The second-order valence-corrected chi connectivity index (χ2v) is 5.11. The number of carboxylic acids is 1. The molecule has 0 saturated carbocycles. The molecule has 1 aromatic carbocycles. The van der Waals surface area contributed by atoms with Crippen molar-refractivity contribution in [1.82, 2.24) is 9.38 Å². The number of nitrogens with zero attached hydrogens (tertiary/aromatic N) is 2. The molecule has 0 bridgehead atoms. The molecule has 0 aliphatic heterocycles. The fourth-order valence-corrected chi connectivity index (χ4v) is 2.93. The van der Waals surface area contributed by atoms with Crippen LogP contribution in [-0.4, -0.2) is 27.6 Å². The molecule has 0 unspecified atom stereocenters. The number of aliphatic carboxylic acids is 1. The van der Waals surface area contributed by atoms with Crippen molar-refractivity contribution in [2.45, 2.75) is 6.42 Å². The van der Waals surface area contributed by atoms with Crippen LogP contribution in [0.5, 0.6) is 5.75 Å². The molecule has 6 heteroatoms. The molecule has 0 aliphatic carbocycles. The van der Waals surface area contributed by atoms with Crippen molar-refractivity contribution in [3.63, 3.8) is 0 Å². The lowest BCUT2D eigenvalue weighted by Crippen LogP contribution is -2.04. The van der Waals surface area contributed by atoms with E-state index in [1.54, 1.807) is 7.11 Å². The summed E-state index contributed by atoms with van der Waals surface area (Å²) in [7, 11) is 1.59. The Kier molecular flexibility index (Phi) is 3.15. The van der Waals surface area contributed by atoms with Crippen LogP contribution in [0.2, 0.25) is 0 Å². The fourth-order valence-electron chi connectivity index (χ4n) is 2.20. The van der Waals surface area contributed by atoms with E-state index in [4.69, 9.17) is 9.84 Å². The number of fused-ring (bicyclic) bond motifs is 1. The highest BCUT2D eigenvalue weighted by Crippen LogP contribution is 2.33. The van der Waals surface area contributed by atoms with Crippen LogP contribution in [0.1, 0.15) is 5.69 Å². The van der Waals surface area contributed by atoms with Crippen molar-refractivity contribution in [2.75, 3.05) is 7.11 Å². The first-order valence-corrected chi connectivity index (χ1v) is 6.88. The summed E-state index contributed by atoms with van der Waals surface area (Å²) in [5.74, 6) is -0.195. The number of ether oxygens (including phenoxy) is 1. The Morgan fingerprint density at radius 2 is 2.25 bits per heavy atom. The SMILES string of the molecule is COc1ccccc1-c1nc2sccn2c1CC(=O)O. The largest absolute Gasteiger partial charge is 0.496 e. The number of carboxylic acid groups (broad SMARTS) is 1. The number of hydrogen-bond donors (Lipinski definition) is 1. The van der Waals surface area contributed by atoms with E-state index in [2.05, 4.69) is 4.98 Å². The number of thiazole rings is 1. The number of carbonyl (C=O) groups is 1. The lowest BCUT2D eigenvalue weighted by atomic mass is 10.1. The molecule has 102 valence electrons. The van der Waals surface area contributed by atoms with Gasteiger partial charge in [-0.2, -0.15) is 0 Å². The molecule has 0 spiro atoms.